The van der Waals surface area contributed by atoms with Crippen molar-refractivity contribution in [1.82, 2.24) is 5.43 Å². The Kier molecular flexibility index (Phi) is 7.50. The van der Waals surface area contributed by atoms with Gasteiger partial charge in [0.05, 0.1) is 23.9 Å². The van der Waals surface area contributed by atoms with Gasteiger partial charge in [0.1, 0.15) is 12.3 Å². The number of anilines is 1. The monoisotopic (exact) mass is 471 g/mol. The van der Waals surface area contributed by atoms with E-state index in [0.29, 0.717) is 27.6 Å². The molecule has 0 aromatic heterocycles. The number of nitrogens with zero attached hydrogens (tertiary/aromatic N) is 2. The Hall–Kier alpha value is -3.36. The van der Waals surface area contributed by atoms with Crippen LogP contribution < -0.4 is 14.5 Å². The fraction of sp³-hybridized carbons (Fsp3) is 0.130. The Bertz CT molecular complexity index is 1230. The molecule has 32 heavy (non-hydrogen) atoms. The van der Waals surface area contributed by atoms with Crippen LogP contribution in [-0.4, -0.2) is 34.2 Å². The molecule has 0 aliphatic carbocycles. The van der Waals surface area contributed by atoms with E-state index in [9.17, 15) is 13.2 Å². The molecule has 0 radical (unpaired) electrons. The summed E-state index contributed by atoms with van der Waals surface area (Å²) >= 11 is 6.12. The van der Waals surface area contributed by atoms with Crippen LogP contribution in [0.15, 0.2) is 82.8 Å². The van der Waals surface area contributed by atoms with Gasteiger partial charge in [-0.15, -0.1) is 0 Å². The summed E-state index contributed by atoms with van der Waals surface area (Å²) in [6.45, 7) is 1.26. The van der Waals surface area contributed by atoms with Crippen LogP contribution >= 0.6 is 11.6 Å². The van der Waals surface area contributed by atoms with E-state index in [0.717, 1.165) is 4.31 Å². The second kappa shape index (κ2) is 10.3. The number of aryl methyl sites for hydroxylation is 1. The van der Waals surface area contributed by atoms with Gasteiger partial charge in [-0.05, 0) is 48.9 Å². The molecule has 0 bridgehead atoms. The van der Waals surface area contributed by atoms with E-state index in [-0.39, 0.29) is 4.90 Å². The lowest BCUT2D eigenvalue weighted by atomic mass is 10.2. The third kappa shape index (κ3) is 5.46. The number of carbonyl (C=O) groups is 1. The van der Waals surface area contributed by atoms with Gasteiger partial charge in [-0.1, -0.05) is 48.0 Å². The Morgan fingerprint density at radius 2 is 1.78 bits per heavy atom. The molecule has 0 unspecified atom stereocenters. The lowest BCUT2D eigenvalue weighted by molar-refractivity contribution is -0.119. The molecule has 0 aliphatic heterocycles. The van der Waals surface area contributed by atoms with Crippen molar-refractivity contribution in [2.24, 2.45) is 5.10 Å². The average molecular weight is 472 g/mol. The molecule has 1 N–H and O–H groups in total. The number of hydrazone groups is 1. The van der Waals surface area contributed by atoms with Crippen LogP contribution in [0.2, 0.25) is 5.02 Å². The first-order chi connectivity index (χ1) is 15.3. The molecule has 0 fully saturated rings. The van der Waals surface area contributed by atoms with Crippen LogP contribution in [0, 0.1) is 6.92 Å². The van der Waals surface area contributed by atoms with Gasteiger partial charge in [0.25, 0.3) is 15.9 Å². The third-order valence-electron chi connectivity index (χ3n) is 4.59. The first-order valence-corrected chi connectivity index (χ1v) is 11.4. The van der Waals surface area contributed by atoms with E-state index >= 15 is 0 Å². The number of benzene rings is 3. The minimum Gasteiger partial charge on any atom is -0.496 e. The van der Waals surface area contributed by atoms with Gasteiger partial charge in [-0.25, -0.2) is 13.8 Å². The molecule has 0 aliphatic rings. The minimum atomic E-state index is -4.03. The molecular weight excluding hydrogens is 450 g/mol. The SMILES string of the molecule is COc1ccccc1C=NNC(=O)CN(c1cc(Cl)ccc1C)S(=O)(=O)c1ccccc1. The Morgan fingerprint density at radius 1 is 1.09 bits per heavy atom. The summed E-state index contributed by atoms with van der Waals surface area (Å²) in [4.78, 5) is 12.7. The number of para-hydroxylation sites is 1. The highest BCUT2D eigenvalue weighted by molar-refractivity contribution is 7.92. The number of nitrogens with one attached hydrogen (secondary N) is 1. The molecule has 3 aromatic rings. The van der Waals surface area contributed by atoms with Crippen molar-refractivity contribution < 1.29 is 17.9 Å². The van der Waals surface area contributed by atoms with Gasteiger partial charge in [0, 0.05) is 10.6 Å². The standard InChI is InChI=1S/C23H22ClN3O4S/c1-17-12-13-19(24)14-21(17)27(32(29,30)20-9-4-3-5-10-20)16-23(28)26-25-15-18-8-6-7-11-22(18)31-2/h3-15H,16H2,1-2H3,(H,26,28). The summed E-state index contributed by atoms with van der Waals surface area (Å²) in [6, 6.07) is 19.9. The van der Waals surface area contributed by atoms with E-state index in [1.807, 2.05) is 12.1 Å². The highest BCUT2D eigenvalue weighted by atomic mass is 35.5. The highest BCUT2D eigenvalue weighted by Crippen LogP contribution is 2.29. The molecule has 0 spiro atoms. The van der Waals surface area contributed by atoms with Crippen LogP contribution in [0.5, 0.6) is 5.75 Å². The van der Waals surface area contributed by atoms with Crippen LogP contribution in [0.3, 0.4) is 0 Å². The number of hydrogen-bond acceptors (Lipinski definition) is 5. The van der Waals surface area contributed by atoms with Crippen LogP contribution in [0.25, 0.3) is 0 Å². The number of sulfonamides is 1. The first kappa shape index (κ1) is 23.3. The zero-order valence-corrected chi connectivity index (χ0v) is 19.1. The van der Waals surface area contributed by atoms with Gasteiger partial charge in [-0.3, -0.25) is 9.10 Å². The van der Waals surface area contributed by atoms with E-state index in [1.54, 1.807) is 49.4 Å². The molecule has 0 heterocycles. The van der Waals surface area contributed by atoms with E-state index in [2.05, 4.69) is 10.5 Å². The van der Waals surface area contributed by atoms with Crippen LogP contribution in [-0.2, 0) is 14.8 Å². The summed E-state index contributed by atoms with van der Waals surface area (Å²) in [5.41, 5.74) is 4.00. The molecule has 0 atom stereocenters. The Balaban J connectivity index is 1.88. The van der Waals surface area contributed by atoms with Crippen molar-refractivity contribution in [3.63, 3.8) is 0 Å². The van der Waals surface area contributed by atoms with Crippen molar-refractivity contribution in [3.05, 3.63) is 88.9 Å². The van der Waals surface area contributed by atoms with Crippen molar-refractivity contribution in [2.45, 2.75) is 11.8 Å². The maximum Gasteiger partial charge on any atom is 0.264 e. The fourth-order valence-corrected chi connectivity index (χ4v) is 4.65. The highest BCUT2D eigenvalue weighted by Gasteiger charge is 2.28. The van der Waals surface area contributed by atoms with Crippen molar-refractivity contribution in [1.29, 1.82) is 0 Å². The summed E-state index contributed by atoms with van der Waals surface area (Å²) in [7, 11) is -2.50. The lowest BCUT2D eigenvalue weighted by Gasteiger charge is -2.25. The van der Waals surface area contributed by atoms with Gasteiger partial charge in [0.15, 0.2) is 0 Å². The van der Waals surface area contributed by atoms with Crippen molar-refractivity contribution >= 4 is 39.4 Å². The zero-order valence-electron chi connectivity index (χ0n) is 17.5. The van der Waals surface area contributed by atoms with Crippen molar-refractivity contribution in [2.75, 3.05) is 18.0 Å². The second-order valence-electron chi connectivity index (χ2n) is 6.79. The molecule has 3 rings (SSSR count). The van der Waals surface area contributed by atoms with Gasteiger partial charge < -0.3 is 4.74 Å². The zero-order chi connectivity index (χ0) is 23.1. The Morgan fingerprint density at radius 3 is 2.50 bits per heavy atom. The molecule has 0 saturated carbocycles. The van der Waals surface area contributed by atoms with Gasteiger partial charge in [0.2, 0.25) is 0 Å². The maximum absolute atomic E-state index is 13.4. The number of hydrogen-bond donors (Lipinski definition) is 1. The largest absolute Gasteiger partial charge is 0.496 e. The number of methoxy groups -OCH3 is 1. The fourth-order valence-electron chi connectivity index (χ4n) is 2.98. The quantitative estimate of drug-likeness (QED) is 0.397. The maximum atomic E-state index is 13.4. The molecular formula is C23H22ClN3O4S. The Labute approximate surface area is 192 Å². The normalized spacial score (nSPS) is 11.3. The molecule has 166 valence electrons. The summed E-state index contributed by atoms with van der Waals surface area (Å²) in [5.74, 6) is -0.0247. The molecule has 9 heteroatoms. The predicted octanol–water partition coefficient (Wildman–Crippen LogP) is 4.00. The van der Waals surface area contributed by atoms with E-state index < -0.39 is 22.5 Å². The number of halogens is 1. The minimum absolute atomic E-state index is 0.0599. The number of ether oxygens (including phenoxy) is 1. The van der Waals surface area contributed by atoms with Crippen LogP contribution in [0.4, 0.5) is 5.69 Å². The average Bonchev–Trinajstić information content (AvgIpc) is 2.80. The topological polar surface area (TPSA) is 88.1 Å². The molecule has 7 nitrogen and oxygen atoms in total. The lowest BCUT2D eigenvalue weighted by Crippen LogP contribution is -2.40. The summed E-state index contributed by atoms with van der Waals surface area (Å²) in [5, 5.41) is 4.29. The third-order valence-corrected chi connectivity index (χ3v) is 6.60. The summed E-state index contributed by atoms with van der Waals surface area (Å²) < 4.78 is 33.0. The summed E-state index contributed by atoms with van der Waals surface area (Å²) in [6.07, 6.45) is 1.43. The number of carbonyl (C=O) groups excluding carboxylic acids is 1. The molecule has 1 amide bonds. The van der Waals surface area contributed by atoms with Crippen molar-refractivity contribution in [3.8, 4) is 5.75 Å². The smallest absolute Gasteiger partial charge is 0.264 e. The second-order valence-corrected chi connectivity index (χ2v) is 9.09. The van der Waals surface area contributed by atoms with E-state index in [4.69, 9.17) is 16.3 Å². The van der Waals surface area contributed by atoms with Gasteiger partial charge >= 0.3 is 0 Å². The number of rotatable bonds is 8. The predicted molar refractivity (Wildman–Crippen MR) is 126 cm³/mol. The van der Waals surface area contributed by atoms with Gasteiger partial charge in [-0.2, -0.15) is 5.10 Å². The van der Waals surface area contributed by atoms with Crippen LogP contribution in [0.1, 0.15) is 11.1 Å². The number of amides is 1. The molecule has 0 saturated heterocycles. The first-order valence-electron chi connectivity index (χ1n) is 9.62. The van der Waals surface area contributed by atoms with E-state index in [1.165, 1.54) is 31.5 Å². The molecule has 3 aromatic carbocycles.